The second kappa shape index (κ2) is 9.55. The Kier molecular flexibility index (Phi) is 6.61. The van der Waals surface area contributed by atoms with Crippen LogP contribution in [0.15, 0.2) is 84.9 Å². The summed E-state index contributed by atoms with van der Waals surface area (Å²) >= 11 is 0. The monoisotopic (exact) mass is 361 g/mol. The molecule has 27 heavy (non-hydrogen) atoms. The summed E-state index contributed by atoms with van der Waals surface area (Å²) in [6.07, 6.45) is 1.59. The summed E-state index contributed by atoms with van der Waals surface area (Å²) in [6.45, 7) is 0.773. The van der Waals surface area contributed by atoms with E-state index in [0.717, 1.165) is 27.2 Å². The molecule has 3 aromatic carbocycles. The molecule has 138 valence electrons. The van der Waals surface area contributed by atoms with Gasteiger partial charge >= 0.3 is 0 Å². The Morgan fingerprint density at radius 3 is 2.15 bits per heavy atom. The van der Waals surface area contributed by atoms with E-state index in [4.69, 9.17) is 9.47 Å². The summed E-state index contributed by atoms with van der Waals surface area (Å²) in [5.74, 6) is 0.760. The molecular formula is C23H23NO3. The van der Waals surface area contributed by atoms with Crippen molar-refractivity contribution in [2.75, 3.05) is 13.7 Å². The lowest BCUT2D eigenvalue weighted by molar-refractivity contribution is -0.508. The average molecular weight is 361 g/mol. The van der Waals surface area contributed by atoms with E-state index in [2.05, 4.69) is 0 Å². The first-order valence-corrected chi connectivity index (χ1v) is 8.87. The molecular weight excluding hydrogens is 338 g/mol. The van der Waals surface area contributed by atoms with Crippen LogP contribution in [-0.4, -0.2) is 24.7 Å². The molecule has 0 aromatic heterocycles. The van der Waals surface area contributed by atoms with Crippen molar-refractivity contribution in [2.24, 2.45) is 0 Å². The third kappa shape index (κ3) is 5.43. The van der Waals surface area contributed by atoms with Crippen molar-refractivity contribution in [1.29, 1.82) is 0 Å². The van der Waals surface area contributed by atoms with Crippen molar-refractivity contribution in [3.05, 3.63) is 107 Å². The Bertz CT molecular complexity index is 846. The minimum atomic E-state index is -0.419. The normalized spacial score (nSPS) is 12.6. The molecule has 1 unspecified atom stereocenters. The van der Waals surface area contributed by atoms with Gasteiger partial charge in [-0.2, -0.15) is 0 Å². The molecule has 0 aliphatic rings. The molecule has 0 N–H and O–H groups in total. The van der Waals surface area contributed by atoms with Crippen molar-refractivity contribution >= 4 is 6.21 Å². The maximum Gasteiger partial charge on any atom is 0.211 e. The van der Waals surface area contributed by atoms with E-state index in [9.17, 15) is 5.21 Å². The quantitative estimate of drug-likeness (QED) is 0.255. The molecule has 0 amide bonds. The molecule has 0 fully saturated rings. The molecule has 3 rings (SSSR count). The highest BCUT2D eigenvalue weighted by Crippen LogP contribution is 2.18. The zero-order valence-corrected chi connectivity index (χ0v) is 15.3. The molecule has 1 atom stereocenters. The topological polar surface area (TPSA) is 44.5 Å². The second-order valence-corrected chi connectivity index (χ2v) is 6.19. The standard InChI is InChI=1S/C23H23NO3/c1-26-22-14-12-19(13-15-22)16-24(25)23(21-10-6-3-7-11-21)18-27-17-20-8-4-2-5-9-20/h2-16,23H,17-18H2,1H3/b24-16-. The highest BCUT2D eigenvalue weighted by Gasteiger charge is 2.19. The second-order valence-electron chi connectivity index (χ2n) is 6.19. The predicted molar refractivity (Wildman–Crippen MR) is 107 cm³/mol. The minimum Gasteiger partial charge on any atom is -0.623 e. The molecule has 0 saturated heterocycles. The summed E-state index contributed by atoms with van der Waals surface area (Å²) in [5.41, 5.74) is 2.82. The van der Waals surface area contributed by atoms with Gasteiger partial charge in [0, 0.05) is 11.1 Å². The molecule has 0 heterocycles. The minimum absolute atomic E-state index is 0.301. The largest absolute Gasteiger partial charge is 0.623 e. The Morgan fingerprint density at radius 1 is 0.889 bits per heavy atom. The van der Waals surface area contributed by atoms with E-state index < -0.39 is 6.04 Å². The van der Waals surface area contributed by atoms with Gasteiger partial charge < -0.3 is 14.7 Å². The summed E-state index contributed by atoms with van der Waals surface area (Å²) in [5, 5.41) is 12.9. The summed E-state index contributed by atoms with van der Waals surface area (Å²) in [6, 6.07) is 26.6. The molecule has 0 aliphatic carbocycles. The SMILES string of the molecule is COc1ccc(/C=[N+](\[O-])C(COCc2ccccc2)c2ccccc2)cc1. The molecule has 0 radical (unpaired) electrons. The lowest BCUT2D eigenvalue weighted by Gasteiger charge is -2.18. The van der Waals surface area contributed by atoms with Crippen molar-refractivity contribution in [3.8, 4) is 5.75 Å². The van der Waals surface area contributed by atoms with Gasteiger partial charge in [-0.25, -0.2) is 4.74 Å². The fourth-order valence-corrected chi connectivity index (χ4v) is 2.78. The number of hydroxylamine groups is 1. The lowest BCUT2D eigenvalue weighted by atomic mass is 10.1. The molecule has 0 aliphatic heterocycles. The van der Waals surface area contributed by atoms with Crippen LogP contribution in [-0.2, 0) is 11.3 Å². The van der Waals surface area contributed by atoms with Crippen LogP contribution in [0.5, 0.6) is 5.75 Å². The van der Waals surface area contributed by atoms with Crippen LogP contribution < -0.4 is 4.74 Å². The molecule has 4 heteroatoms. The third-order valence-corrected chi connectivity index (χ3v) is 4.27. The van der Waals surface area contributed by atoms with E-state index in [1.807, 2.05) is 84.9 Å². The molecule has 0 bridgehead atoms. The van der Waals surface area contributed by atoms with Crippen LogP contribution >= 0.6 is 0 Å². The lowest BCUT2D eigenvalue weighted by Crippen LogP contribution is -2.20. The Hall–Kier alpha value is -3.11. The molecule has 4 nitrogen and oxygen atoms in total. The van der Waals surface area contributed by atoms with E-state index in [-0.39, 0.29) is 0 Å². The number of nitrogens with zero attached hydrogens (tertiary/aromatic N) is 1. The van der Waals surface area contributed by atoms with Crippen molar-refractivity contribution in [1.82, 2.24) is 0 Å². The highest BCUT2D eigenvalue weighted by molar-refractivity contribution is 5.76. The third-order valence-electron chi connectivity index (χ3n) is 4.27. The summed E-state index contributed by atoms with van der Waals surface area (Å²) in [7, 11) is 1.62. The number of benzene rings is 3. The first-order valence-electron chi connectivity index (χ1n) is 8.87. The molecule has 0 spiro atoms. The van der Waals surface area contributed by atoms with E-state index in [1.165, 1.54) is 0 Å². The Balaban J connectivity index is 1.75. The molecule has 0 saturated carbocycles. The van der Waals surface area contributed by atoms with Gasteiger partial charge in [0.15, 0.2) is 6.21 Å². The molecule has 3 aromatic rings. The van der Waals surface area contributed by atoms with E-state index >= 15 is 0 Å². The fourth-order valence-electron chi connectivity index (χ4n) is 2.78. The van der Waals surface area contributed by atoms with E-state index in [0.29, 0.717) is 13.2 Å². The number of rotatable bonds is 8. The zero-order valence-electron chi connectivity index (χ0n) is 15.3. The first kappa shape index (κ1) is 18.7. The first-order chi connectivity index (χ1) is 13.3. The van der Waals surface area contributed by atoms with Gasteiger partial charge in [-0.1, -0.05) is 60.7 Å². The fraction of sp³-hybridized carbons (Fsp3) is 0.174. The van der Waals surface area contributed by atoms with Crippen LogP contribution in [0.4, 0.5) is 0 Å². The summed E-state index contributed by atoms with van der Waals surface area (Å²) < 4.78 is 12.0. The van der Waals surface area contributed by atoms with Gasteiger partial charge in [-0.15, -0.1) is 0 Å². The van der Waals surface area contributed by atoms with Crippen molar-refractivity contribution in [3.63, 3.8) is 0 Å². The van der Waals surface area contributed by atoms with Gasteiger partial charge in [0.1, 0.15) is 12.4 Å². The predicted octanol–water partition coefficient (Wildman–Crippen LogP) is 4.58. The maximum absolute atomic E-state index is 12.9. The number of methoxy groups -OCH3 is 1. The number of hydrogen-bond acceptors (Lipinski definition) is 3. The van der Waals surface area contributed by atoms with Gasteiger partial charge in [0.25, 0.3) is 0 Å². The number of hydrogen-bond donors (Lipinski definition) is 0. The zero-order chi connectivity index (χ0) is 18.9. The van der Waals surface area contributed by atoms with Crippen LogP contribution in [0.25, 0.3) is 0 Å². The summed E-state index contributed by atoms with van der Waals surface area (Å²) in [4.78, 5) is 0. The van der Waals surface area contributed by atoms with Crippen LogP contribution in [0.3, 0.4) is 0 Å². The van der Waals surface area contributed by atoms with Crippen LogP contribution in [0.2, 0.25) is 0 Å². The highest BCUT2D eigenvalue weighted by atomic mass is 16.5. The maximum atomic E-state index is 12.9. The Labute approximate surface area is 159 Å². The van der Waals surface area contributed by atoms with E-state index in [1.54, 1.807) is 13.3 Å². The number of ether oxygens (including phenoxy) is 2. The van der Waals surface area contributed by atoms with Crippen molar-refractivity contribution < 1.29 is 14.2 Å². The van der Waals surface area contributed by atoms with Gasteiger partial charge in [-0.3, -0.25) is 0 Å². The van der Waals surface area contributed by atoms with Crippen molar-refractivity contribution in [2.45, 2.75) is 12.6 Å². The smallest absolute Gasteiger partial charge is 0.211 e. The average Bonchev–Trinajstić information content (AvgIpc) is 2.73. The Morgan fingerprint density at radius 2 is 1.52 bits per heavy atom. The van der Waals surface area contributed by atoms with Gasteiger partial charge in [0.2, 0.25) is 6.04 Å². The van der Waals surface area contributed by atoms with Gasteiger partial charge in [-0.05, 0) is 29.8 Å². The van der Waals surface area contributed by atoms with Crippen LogP contribution in [0, 0.1) is 5.21 Å². The van der Waals surface area contributed by atoms with Gasteiger partial charge in [0.05, 0.1) is 13.7 Å². The van der Waals surface area contributed by atoms with Crippen LogP contribution in [0.1, 0.15) is 22.7 Å².